The first kappa shape index (κ1) is 20.5. The van der Waals surface area contributed by atoms with Gasteiger partial charge in [0.25, 0.3) is 11.8 Å². The highest BCUT2D eigenvalue weighted by atomic mass is 16.5. The van der Waals surface area contributed by atoms with E-state index in [0.717, 1.165) is 40.1 Å². The summed E-state index contributed by atoms with van der Waals surface area (Å²) < 4.78 is 5.29. The monoisotopic (exact) mass is 429 g/mol. The molecule has 164 valence electrons. The van der Waals surface area contributed by atoms with Gasteiger partial charge in [-0.15, -0.1) is 0 Å². The van der Waals surface area contributed by atoms with Crippen LogP contribution in [0.1, 0.15) is 23.2 Å². The number of rotatable bonds is 3. The Bertz CT molecular complexity index is 1190. The van der Waals surface area contributed by atoms with Crippen LogP contribution in [0.3, 0.4) is 0 Å². The molecule has 0 aromatic heterocycles. The molecule has 2 amide bonds. The second-order valence-electron chi connectivity index (χ2n) is 8.47. The molecule has 2 saturated heterocycles. The van der Waals surface area contributed by atoms with Crippen molar-refractivity contribution in [3.8, 4) is 11.1 Å². The number of nitrogens with two attached hydrogens (primary N) is 1. The van der Waals surface area contributed by atoms with E-state index in [2.05, 4.69) is 30.4 Å². The van der Waals surface area contributed by atoms with Gasteiger partial charge >= 0.3 is 0 Å². The van der Waals surface area contributed by atoms with Crippen LogP contribution in [0, 0.1) is 0 Å². The third-order valence-electron chi connectivity index (χ3n) is 6.47. The Balaban J connectivity index is 1.27. The number of hydrogen-bond acceptors (Lipinski definition) is 4. The fraction of sp³-hybridized carbons (Fsp3) is 0.308. The van der Waals surface area contributed by atoms with Crippen molar-refractivity contribution in [3.63, 3.8) is 0 Å². The molecule has 3 aliphatic rings. The SMILES string of the molecule is NC1=c2ccc(-c3ccc(C(=O)N4CCN(C(=O)C5CCO5)CC4)cc3)cc2=CC=CC1. The lowest BCUT2D eigenvalue weighted by molar-refractivity contribution is -0.157. The fourth-order valence-electron chi connectivity index (χ4n) is 4.40. The number of allylic oxidation sites excluding steroid dienone is 1. The number of amides is 2. The van der Waals surface area contributed by atoms with E-state index >= 15 is 0 Å². The normalized spacial score (nSPS) is 20.1. The molecule has 2 N–H and O–H groups in total. The van der Waals surface area contributed by atoms with Gasteiger partial charge in [0.1, 0.15) is 6.10 Å². The third kappa shape index (κ3) is 3.94. The van der Waals surface area contributed by atoms with Gasteiger partial charge in [0.15, 0.2) is 0 Å². The minimum Gasteiger partial charge on any atom is -0.401 e. The lowest BCUT2D eigenvalue weighted by Crippen LogP contribution is -2.54. The molecule has 0 spiro atoms. The van der Waals surface area contributed by atoms with E-state index in [9.17, 15) is 9.59 Å². The Kier molecular flexibility index (Phi) is 5.53. The average Bonchev–Trinajstić information content (AvgIpc) is 2.98. The Morgan fingerprint density at radius 1 is 0.938 bits per heavy atom. The van der Waals surface area contributed by atoms with Gasteiger partial charge in [0.2, 0.25) is 0 Å². The van der Waals surface area contributed by atoms with E-state index in [1.165, 1.54) is 0 Å². The van der Waals surface area contributed by atoms with E-state index in [-0.39, 0.29) is 17.9 Å². The zero-order chi connectivity index (χ0) is 22.1. The number of ether oxygens (including phenoxy) is 1. The van der Waals surface area contributed by atoms with Crippen molar-refractivity contribution in [1.29, 1.82) is 0 Å². The number of piperazine rings is 1. The standard InChI is InChI=1S/C26H27N3O3/c27-23-4-2-1-3-21-17-20(9-10-22(21)23)18-5-7-19(8-6-18)25(30)28-12-14-29(15-13-28)26(31)24-11-16-32-24/h1-3,5-10,17,24H,4,11-16,27H2. The summed E-state index contributed by atoms with van der Waals surface area (Å²) in [6.45, 7) is 2.87. The molecule has 2 aromatic rings. The van der Waals surface area contributed by atoms with Crippen molar-refractivity contribution in [2.45, 2.75) is 18.9 Å². The summed E-state index contributed by atoms with van der Waals surface area (Å²) in [4.78, 5) is 28.9. The predicted molar refractivity (Wildman–Crippen MR) is 124 cm³/mol. The van der Waals surface area contributed by atoms with Crippen molar-refractivity contribution in [3.05, 3.63) is 70.6 Å². The molecule has 32 heavy (non-hydrogen) atoms. The highest BCUT2D eigenvalue weighted by molar-refractivity contribution is 5.95. The zero-order valence-electron chi connectivity index (χ0n) is 18.0. The van der Waals surface area contributed by atoms with E-state index in [0.29, 0.717) is 38.3 Å². The van der Waals surface area contributed by atoms with Gasteiger partial charge in [-0.3, -0.25) is 9.59 Å². The minimum atomic E-state index is -0.277. The smallest absolute Gasteiger partial charge is 0.253 e. The van der Waals surface area contributed by atoms with Crippen molar-refractivity contribution >= 4 is 23.6 Å². The molecule has 6 heteroatoms. The van der Waals surface area contributed by atoms with Crippen molar-refractivity contribution < 1.29 is 14.3 Å². The van der Waals surface area contributed by atoms with Crippen LogP contribution < -0.4 is 16.2 Å². The first-order valence-corrected chi connectivity index (χ1v) is 11.2. The topological polar surface area (TPSA) is 75.9 Å². The fourth-order valence-corrected chi connectivity index (χ4v) is 4.40. The van der Waals surface area contributed by atoms with Crippen molar-refractivity contribution in [2.24, 2.45) is 5.73 Å². The molecule has 0 radical (unpaired) electrons. The second-order valence-corrected chi connectivity index (χ2v) is 8.47. The highest BCUT2D eigenvalue weighted by Crippen LogP contribution is 2.20. The molecular formula is C26H27N3O3. The van der Waals surface area contributed by atoms with E-state index < -0.39 is 0 Å². The average molecular weight is 430 g/mol. The molecule has 0 bridgehead atoms. The van der Waals surface area contributed by atoms with Gasteiger partial charge < -0.3 is 20.3 Å². The summed E-state index contributed by atoms with van der Waals surface area (Å²) in [6, 6.07) is 14.0. The number of hydrogen-bond donors (Lipinski definition) is 1. The quantitative estimate of drug-likeness (QED) is 0.797. The van der Waals surface area contributed by atoms with Crippen LogP contribution in [-0.2, 0) is 9.53 Å². The van der Waals surface area contributed by atoms with Crippen LogP contribution in [0.25, 0.3) is 22.9 Å². The van der Waals surface area contributed by atoms with Gasteiger partial charge in [-0.1, -0.05) is 42.5 Å². The highest BCUT2D eigenvalue weighted by Gasteiger charge is 2.33. The number of fused-ring (bicyclic) bond motifs is 1. The zero-order valence-corrected chi connectivity index (χ0v) is 18.0. The van der Waals surface area contributed by atoms with Gasteiger partial charge in [0.05, 0.1) is 6.61 Å². The molecular weight excluding hydrogens is 402 g/mol. The Hall–Kier alpha value is -3.38. The van der Waals surface area contributed by atoms with Crippen LogP contribution >= 0.6 is 0 Å². The molecule has 1 atom stereocenters. The summed E-state index contributed by atoms with van der Waals surface area (Å²) in [6.07, 6.45) is 7.47. The minimum absolute atomic E-state index is 0.00585. The maximum absolute atomic E-state index is 13.0. The summed E-state index contributed by atoms with van der Waals surface area (Å²) in [5, 5.41) is 2.18. The molecule has 6 nitrogen and oxygen atoms in total. The van der Waals surface area contributed by atoms with Crippen LogP contribution in [0.15, 0.2) is 54.6 Å². The van der Waals surface area contributed by atoms with E-state index in [1.807, 2.05) is 40.1 Å². The van der Waals surface area contributed by atoms with Crippen LogP contribution in [0.4, 0.5) is 0 Å². The van der Waals surface area contributed by atoms with Gasteiger partial charge in [0, 0.05) is 55.5 Å². The molecule has 1 unspecified atom stereocenters. The Labute approximate surface area is 187 Å². The first-order chi connectivity index (χ1) is 15.6. The first-order valence-electron chi connectivity index (χ1n) is 11.2. The summed E-state index contributed by atoms with van der Waals surface area (Å²) in [5.41, 5.74) is 9.87. The van der Waals surface area contributed by atoms with Crippen LogP contribution in [-0.4, -0.2) is 60.5 Å². The molecule has 2 heterocycles. The number of nitrogens with zero attached hydrogens (tertiary/aromatic N) is 2. The molecule has 2 aromatic carbocycles. The molecule has 2 aliphatic heterocycles. The second kappa shape index (κ2) is 8.63. The maximum Gasteiger partial charge on any atom is 0.253 e. The van der Waals surface area contributed by atoms with Crippen LogP contribution in [0.5, 0.6) is 0 Å². The predicted octanol–water partition coefficient (Wildman–Crippen LogP) is 1.23. The van der Waals surface area contributed by atoms with E-state index in [4.69, 9.17) is 10.5 Å². The largest absolute Gasteiger partial charge is 0.401 e. The van der Waals surface area contributed by atoms with Gasteiger partial charge in [-0.2, -0.15) is 0 Å². The lowest BCUT2D eigenvalue weighted by atomic mass is 10.0. The molecule has 0 saturated carbocycles. The summed E-state index contributed by atoms with van der Waals surface area (Å²) in [5.74, 6) is 0.0619. The lowest BCUT2D eigenvalue weighted by Gasteiger charge is -2.38. The van der Waals surface area contributed by atoms with Crippen molar-refractivity contribution in [2.75, 3.05) is 32.8 Å². The van der Waals surface area contributed by atoms with Gasteiger partial charge in [-0.25, -0.2) is 0 Å². The number of benzene rings is 2. The Morgan fingerprint density at radius 3 is 2.31 bits per heavy atom. The third-order valence-corrected chi connectivity index (χ3v) is 6.47. The van der Waals surface area contributed by atoms with Crippen LogP contribution in [0.2, 0.25) is 0 Å². The van der Waals surface area contributed by atoms with Gasteiger partial charge in [-0.05, 0) is 34.5 Å². The maximum atomic E-state index is 13.0. The number of carbonyl (C=O) groups is 2. The van der Waals surface area contributed by atoms with E-state index in [1.54, 1.807) is 0 Å². The summed E-state index contributed by atoms with van der Waals surface area (Å²) in [7, 11) is 0. The molecule has 5 rings (SSSR count). The molecule has 2 fully saturated rings. The Morgan fingerprint density at radius 2 is 1.62 bits per heavy atom. The summed E-state index contributed by atoms with van der Waals surface area (Å²) >= 11 is 0. The van der Waals surface area contributed by atoms with Crippen molar-refractivity contribution in [1.82, 2.24) is 9.80 Å². The number of carbonyl (C=O) groups excluding carboxylic acids is 2. The molecule has 1 aliphatic carbocycles.